The number of rotatable bonds is 13. The number of hydrogen-bond acceptors (Lipinski definition) is 6. The Hall–Kier alpha value is -4.27. The second-order valence-corrected chi connectivity index (χ2v) is 10.5. The SMILES string of the molecule is CCC(=O)CCCCC[C@H](NC(=O)Cc1c(C)[nH]c2ccc(OC)cc12)c1ncc(-c2ccc3c(c2)OCCO3)[nH]1. The van der Waals surface area contributed by atoms with Gasteiger partial charge in [0.15, 0.2) is 11.5 Å². The Kier molecular flexibility index (Phi) is 8.91. The van der Waals surface area contributed by atoms with Crippen LogP contribution in [0.1, 0.15) is 68.6 Å². The molecule has 2 aromatic carbocycles. The maximum absolute atomic E-state index is 13.4. The maximum Gasteiger partial charge on any atom is 0.225 e. The van der Waals surface area contributed by atoms with Crippen molar-refractivity contribution in [1.29, 1.82) is 0 Å². The Morgan fingerprint density at radius 2 is 1.88 bits per heavy atom. The number of imidazole rings is 1. The number of benzene rings is 2. The minimum Gasteiger partial charge on any atom is -0.497 e. The summed E-state index contributed by atoms with van der Waals surface area (Å²) in [5.41, 5.74) is 4.65. The van der Waals surface area contributed by atoms with Crippen LogP contribution in [0.4, 0.5) is 0 Å². The fourth-order valence-corrected chi connectivity index (χ4v) is 5.29. The number of aromatic amines is 2. The van der Waals surface area contributed by atoms with E-state index in [2.05, 4.69) is 20.3 Å². The van der Waals surface area contributed by atoms with Gasteiger partial charge in [-0.1, -0.05) is 19.8 Å². The van der Waals surface area contributed by atoms with Crippen molar-refractivity contribution in [2.75, 3.05) is 20.3 Å². The van der Waals surface area contributed by atoms with Crippen molar-refractivity contribution in [2.24, 2.45) is 0 Å². The first kappa shape index (κ1) is 28.3. The van der Waals surface area contributed by atoms with Crippen molar-refractivity contribution >= 4 is 22.6 Å². The van der Waals surface area contributed by atoms with E-state index in [0.29, 0.717) is 44.1 Å². The summed E-state index contributed by atoms with van der Waals surface area (Å²) in [7, 11) is 1.64. The summed E-state index contributed by atoms with van der Waals surface area (Å²) in [6.45, 7) is 4.94. The fourth-order valence-electron chi connectivity index (χ4n) is 5.29. The monoisotopic (exact) mass is 558 g/mol. The van der Waals surface area contributed by atoms with Gasteiger partial charge in [0.2, 0.25) is 5.91 Å². The van der Waals surface area contributed by atoms with Crippen LogP contribution in [0.5, 0.6) is 17.2 Å². The van der Waals surface area contributed by atoms with Crippen LogP contribution >= 0.6 is 0 Å². The number of Topliss-reactive ketones (excluding diaryl/α,β-unsaturated/α-hetero) is 1. The lowest BCUT2D eigenvalue weighted by Crippen LogP contribution is -2.30. The van der Waals surface area contributed by atoms with Crippen LogP contribution in [0, 0.1) is 6.92 Å². The Labute approximate surface area is 240 Å². The van der Waals surface area contributed by atoms with E-state index in [-0.39, 0.29) is 24.2 Å². The number of fused-ring (bicyclic) bond motifs is 2. The summed E-state index contributed by atoms with van der Waals surface area (Å²) in [5.74, 6) is 3.10. The Balaban J connectivity index is 1.32. The number of carbonyl (C=O) groups excluding carboxylic acids is 2. The van der Waals surface area contributed by atoms with Gasteiger partial charge < -0.3 is 29.5 Å². The Morgan fingerprint density at radius 1 is 1.05 bits per heavy atom. The van der Waals surface area contributed by atoms with Crippen LogP contribution in [-0.4, -0.2) is 47.0 Å². The predicted octanol–water partition coefficient (Wildman–Crippen LogP) is 5.98. The summed E-state index contributed by atoms with van der Waals surface area (Å²) in [6.07, 6.45) is 6.54. The zero-order valence-electron chi connectivity index (χ0n) is 24.0. The van der Waals surface area contributed by atoms with Gasteiger partial charge >= 0.3 is 0 Å². The molecule has 0 aliphatic carbocycles. The number of amides is 1. The van der Waals surface area contributed by atoms with E-state index in [4.69, 9.17) is 14.2 Å². The number of methoxy groups -OCH3 is 1. The number of nitrogens with one attached hydrogen (secondary N) is 3. The minimum absolute atomic E-state index is 0.0831. The molecule has 2 aromatic heterocycles. The largest absolute Gasteiger partial charge is 0.497 e. The smallest absolute Gasteiger partial charge is 0.225 e. The standard InChI is InChI=1S/C32H38N4O5/c1-4-22(37)8-6-5-7-9-27(32-33-19-28(36-32)21-10-13-29-30(16-21)41-15-14-40-29)35-31(38)18-24-20(2)34-26-12-11-23(39-3)17-25(24)26/h10-13,16-17,19,27,34H,4-9,14-15,18H2,1-3H3,(H,33,36)(H,35,38)/t27-/m0/s1. The van der Waals surface area contributed by atoms with Gasteiger partial charge in [-0.3, -0.25) is 9.59 Å². The fraction of sp³-hybridized carbons (Fsp3) is 0.406. The van der Waals surface area contributed by atoms with Crippen LogP contribution in [0.25, 0.3) is 22.2 Å². The first-order valence-corrected chi connectivity index (χ1v) is 14.4. The van der Waals surface area contributed by atoms with E-state index >= 15 is 0 Å². The number of aryl methyl sites for hydroxylation is 1. The first-order chi connectivity index (χ1) is 19.9. The van der Waals surface area contributed by atoms with E-state index in [1.165, 1.54) is 0 Å². The van der Waals surface area contributed by atoms with Gasteiger partial charge in [-0.15, -0.1) is 0 Å². The molecule has 0 unspecified atom stereocenters. The molecule has 1 aliphatic rings. The van der Waals surface area contributed by atoms with Gasteiger partial charge in [-0.25, -0.2) is 4.98 Å². The molecule has 9 nitrogen and oxygen atoms in total. The van der Waals surface area contributed by atoms with E-state index in [1.54, 1.807) is 13.3 Å². The first-order valence-electron chi connectivity index (χ1n) is 14.4. The number of ether oxygens (including phenoxy) is 3. The molecule has 0 fully saturated rings. The molecule has 4 aromatic rings. The average molecular weight is 559 g/mol. The number of ketones is 1. The highest BCUT2D eigenvalue weighted by Crippen LogP contribution is 2.34. The molecule has 1 atom stereocenters. The molecule has 5 rings (SSSR count). The van der Waals surface area contributed by atoms with Gasteiger partial charge in [-0.05, 0) is 61.7 Å². The summed E-state index contributed by atoms with van der Waals surface area (Å²) in [6, 6.07) is 11.4. The normalized spacial score (nSPS) is 13.2. The number of H-pyrrole nitrogens is 2. The summed E-state index contributed by atoms with van der Waals surface area (Å²) < 4.78 is 16.8. The second kappa shape index (κ2) is 12.9. The minimum atomic E-state index is -0.296. The van der Waals surface area contributed by atoms with Gasteiger partial charge in [0.05, 0.1) is 31.5 Å². The summed E-state index contributed by atoms with van der Waals surface area (Å²) >= 11 is 0. The number of aromatic nitrogens is 3. The van der Waals surface area contributed by atoms with Gasteiger partial charge in [0.1, 0.15) is 30.6 Å². The van der Waals surface area contributed by atoms with Crippen molar-refractivity contribution < 1.29 is 23.8 Å². The molecule has 0 saturated carbocycles. The zero-order valence-corrected chi connectivity index (χ0v) is 24.0. The van der Waals surface area contributed by atoms with Crippen molar-refractivity contribution in [1.82, 2.24) is 20.3 Å². The third kappa shape index (κ3) is 6.73. The molecule has 1 amide bonds. The molecule has 0 spiro atoms. The van der Waals surface area contributed by atoms with Crippen LogP contribution in [0.3, 0.4) is 0 Å². The van der Waals surface area contributed by atoms with Crippen molar-refractivity contribution in [3.8, 4) is 28.5 Å². The van der Waals surface area contributed by atoms with Crippen molar-refractivity contribution in [3.05, 3.63) is 59.7 Å². The lowest BCUT2D eigenvalue weighted by atomic mass is 10.0. The predicted molar refractivity (Wildman–Crippen MR) is 158 cm³/mol. The Bertz CT molecular complexity index is 1520. The van der Waals surface area contributed by atoms with E-state index in [0.717, 1.165) is 64.2 Å². The van der Waals surface area contributed by atoms with Crippen LogP contribution in [-0.2, 0) is 16.0 Å². The molecule has 9 heteroatoms. The van der Waals surface area contributed by atoms with Crippen molar-refractivity contribution in [3.63, 3.8) is 0 Å². The molecule has 41 heavy (non-hydrogen) atoms. The molecule has 3 heterocycles. The highest BCUT2D eigenvalue weighted by atomic mass is 16.6. The van der Waals surface area contributed by atoms with Crippen LogP contribution in [0.15, 0.2) is 42.6 Å². The van der Waals surface area contributed by atoms with Crippen molar-refractivity contribution in [2.45, 2.75) is 64.8 Å². The quantitative estimate of drug-likeness (QED) is 0.174. The molecule has 1 aliphatic heterocycles. The summed E-state index contributed by atoms with van der Waals surface area (Å²) in [5, 5.41) is 4.21. The molecule has 0 radical (unpaired) electrons. The lowest BCUT2D eigenvalue weighted by Gasteiger charge is -2.19. The van der Waals surface area contributed by atoms with Gasteiger partial charge in [-0.2, -0.15) is 0 Å². The van der Waals surface area contributed by atoms with E-state index < -0.39 is 0 Å². The van der Waals surface area contributed by atoms with E-state index in [1.807, 2.05) is 50.2 Å². The molecule has 216 valence electrons. The molecular formula is C32H38N4O5. The highest BCUT2D eigenvalue weighted by Gasteiger charge is 2.21. The summed E-state index contributed by atoms with van der Waals surface area (Å²) in [4.78, 5) is 36.6. The number of nitrogens with zero attached hydrogens (tertiary/aromatic N) is 1. The zero-order chi connectivity index (χ0) is 28.8. The number of hydrogen-bond donors (Lipinski definition) is 3. The second-order valence-electron chi connectivity index (χ2n) is 10.5. The molecule has 3 N–H and O–H groups in total. The average Bonchev–Trinajstić information content (AvgIpc) is 3.60. The molecule has 0 saturated heterocycles. The molecular weight excluding hydrogens is 520 g/mol. The Morgan fingerprint density at radius 3 is 2.68 bits per heavy atom. The topological polar surface area (TPSA) is 118 Å². The van der Waals surface area contributed by atoms with Gasteiger partial charge in [0, 0.05) is 35.0 Å². The molecule has 0 bridgehead atoms. The third-order valence-corrected chi connectivity index (χ3v) is 7.62. The number of unbranched alkanes of at least 4 members (excludes halogenated alkanes) is 2. The highest BCUT2D eigenvalue weighted by molar-refractivity contribution is 5.91. The third-order valence-electron chi connectivity index (χ3n) is 7.62. The lowest BCUT2D eigenvalue weighted by molar-refractivity contribution is -0.121. The number of carbonyl (C=O) groups is 2. The van der Waals surface area contributed by atoms with E-state index in [9.17, 15) is 9.59 Å². The van der Waals surface area contributed by atoms with Gasteiger partial charge in [0.25, 0.3) is 0 Å². The maximum atomic E-state index is 13.4. The van der Waals surface area contributed by atoms with Crippen LogP contribution < -0.4 is 19.5 Å². The van der Waals surface area contributed by atoms with Crippen LogP contribution in [0.2, 0.25) is 0 Å².